The fraction of sp³-hybridized carbons (Fsp3) is 0.579. The van der Waals surface area contributed by atoms with Gasteiger partial charge in [-0.05, 0) is 6.92 Å². The number of amides is 3. The third kappa shape index (κ3) is 5.25. The van der Waals surface area contributed by atoms with Crippen LogP contribution < -0.4 is 10.6 Å². The number of oxime groups is 1. The minimum absolute atomic E-state index is 0.125. The molecule has 2 N–H and O–H groups in total. The maximum absolute atomic E-state index is 12.9. The van der Waals surface area contributed by atoms with Gasteiger partial charge in [0.1, 0.15) is 30.1 Å². The molecule has 3 rings (SSSR count). The molecule has 0 radical (unpaired) electrons. The molecular weight excluding hydrogens is 494 g/mol. The first-order chi connectivity index (χ1) is 15.6. The second-order valence-corrected chi connectivity index (χ2v) is 10.1. The summed E-state index contributed by atoms with van der Waals surface area (Å²) < 4.78 is 5.20. The summed E-state index contributed by atoms with van der Waals surface area (Å²) in [6, 6.07) is -0.915. The Kier molecular flexibility index (Phi) is 7.85. The quantitative estimate of drug-likeness (QED) is 0.171. The maximum atomic E-state index is 12.9. The van der Waals surface area contributed by atoms with Gasteiger partial charge in [-0.2, -0.15) is 0 Å². The molecule has 4 atom stereocenters. The number of nitrogens with zero attached hydrogens (tertiary/aromatic N) is 3. The lowest BCUT2D eigenvalue weighted by Gasteiger charge is -2.58. The Morgan fingerprint density at radius 1 is 1.42 bits per heavy atom. The van der Waals surface area contributed by atoms with E-state index in [4.69, 9.17) is 21.2 Å². The van der Waals surface area contributed by atoms with Gasteiger partial charge in [0.05, 0.1) is 6.61 Å². The molecule has 3 amide bonds. The molecule has 1 aromatic heterocycles. The Morgan fingerprint density at radius 3 is 2.79 bits per heavy atom. The number of fused-ring (bicyclic) bond motifs is 1. The summed E-state index contributed by atoms with van der Waals surface area (Å²) in [6.07, 6.45) is 0. The molecule has 2 aliphatic heterocycles. The Hall–Kier alpha value is -2.38. The Morgan fingerprint density at radius 2 is 2.15 bits per heavy atom. The average molecular weight is 518 g/mol. The van der Waals surface area contributed by atoms with Crippen LogP contribution in [0.4, 0.5) is 5.13 Å². The number of rotatable bonds is 8. The van der Waals surface area contributed by atoms with Crippen LogP contribution in [-0.2, 0) is 28.8 Å². The van der Waals surface area contributed by atoms with Crippen molar-refractivity contribution in [3.05, 3.63) is 11.1 Å². The summed E-state index contributed by atoms with van der Waals surface area (Å²) in [7, 11) is 1.29. The minimum atomic E-state index is -0.737. The lowest BCUT2D eigenvalue weighted by atomic mass is 9.82. The number of halogens is 1. The van der Waals surface area contributed by atoms with Gasteiger partial charge in [0.25, 0.3) is 5.91 Å². The number of β-lactam (4-membered cyclic amide) rings is 1. The molecule has 14 heteroatoms. The van der Waals surface area contributed by atoms with E-state index in [1.54, 1.807) is 4.90 Å². The highest BCUT2D eigenvalue weighted by molar-refractivity contribution is 8.00. The summed E-state index contributed by atoms with van der Waals surface area (Å²) in [4.78, 5) is 59.2. The van der Waals surface area contributed by atoms with Gasteiger partial charge in [0, 0.05) is 29.5 Å². The third-order valence-corrected chi connectivity index (χ3v) is 8.16. The van der Waals surface area contributed by atoms with E-state index < -0.39 is 23.3 Å². The molecule has 180 valence electrons. The predicted molar refractivity (Wildman–Crippen MR) is 124 cm³/mol. The van der Waals surface area contributed by atoms with Crippen molar-refractivity contribution in [3.63, 3.8) is 0 Å². The molecule has 2 aliphatic rings. The molecule has 11 nitrogen and oxygen atoms in total. The average Bonchev–Trinajstić information content (AvgIpc) is 3.23. The van der Waals surface area contributed by atoms with Crippen LogP contribution in [0.5, 0.6) is 0 Å². The second-order valence-electron chi connectivity index (χ2n) is 7.85. The molecule has 0 spiro atoms. The van der Waals surface area contributed by atoms with Crippen LogP contribution in [0.25, 0.3) is 0 Å². The van der Waals surface area contributed by atoms with Gasteiger partial charge in [-0.3, -0.25) is 19.2 Å². The highest BCUT2D eigenvalue weighted by Gasteiger charge is 2.58. The number of carbonyl (C=O) groups is 4. The van der Waals surface area contributed by atoms with Gasteiger partial charge >= 0.3 is 5.97 Å². The number of thioether (sulfide) groups is 1. The van der Waals surface area contributed by atoms with Crippen LogP contribution in [0.1, 0.15) is 26.5 Å². The number of carbonyl (C=O) groups excluding carboxylic acids is 4. The van der Waals surface area contributed by atoms with Gasteiger partial charge in [0.2, 0.25) is 11.8 Å². The SMILES string of the molecule is CO/N=C(/C(=O)NC1C(=O)N2C1SCC(C)(COC(C)=O)C2C)c1csc(NC(=O)CCl)n1. The highest BCUT2D eigenvalue weighted by Crippen LogP contribution is 2.46. The molecule has 2 fully saturated rings. The summed E-state index contributed by atoms with van der Waals surface area (Å²) in [6.45, 7) is 5.44. The number of ether oxygens (including phenoxy) is 1. The zero-order valence-corrected chi connectivity index (χ0v) is 20.8. The first kappa shape index (κ1) is 25.2. The van der Waals surface area contributed by atoms with Crippen LogP contribution in [0.15, 0.2) is 10.5 Å². The largest absolute Gasteiger partial charge is 0.465 e. The fourth-order valence-electron chi connectivity index (χ4n) is 3.47. The van der Waals surface area contributed by atoms with Crippen molar-refractivity contribution in [2.45, 2.75) is 38.2 Å². The molecule has 0 aliphatic carbocycles. The molecule has 2 saturated heterocycles. The second kappa shape index (κ2) is 10.3. The van der Waals surface area contributed by atoms with Gasteiger partial charge in [-0.1, -0.05) is 12.1 Å². The normalized spacial score (nSPS) is 26.7. The molecule has 3 heterocycles. The summed E-state index contributed by atoms with van der Waals surface area (Å²) >= 11 is 8.09. The Labute approximate surface area is 203 Å². The van der Waals surface area contributed by atoms with E-state index in [0.29, 0.717) is 5.75 Å². The van der Waals surface area contributed by atoms with Crippen molar-refractivity contribution in [3.8, 4) is 0 Å². The Balaban J connectivity index is 1.68. The molecule has 0 bridgehead atoms. The van der Waals surface area contributed by atoms with E-state index in [-0.39, 0.29) is 52.3 Å². The van der Waals surface area contributed by atoms with Gasteiger partial charge in [0.15, 0.2) is 10.8 Å². The molecule has 0 saturated carbocycles. The van der Waals surface area contributed by atoms with Crippen LogP contribution >= 0.6 is 34.7 Å². The van der Waals surface area contributed by atoms with Crippen LogP contribution in [0.2, 0.25) is 0 Å². The van der Waals surface area contributed by atoms with Gasteiger partial charge < -0.3 is 25.1 Å². The predicted octanol–water partition coefficient (Wildman–Crippen LogP) is 1.03. The summed E-state index contributed by atoms with van der Waals surface area (Å²) in [5, 5.41) is 10.5. The zero-order chi connectivity index (χ0) is 24.3. The molecule has 4 unspecified atom stereocenters. The number of anilines is 1. The van der Waals surface area contributed by atoms with E-state index in [1.165, 1.54) is 31.2 Å². The van der Waals surface area contributed by atoms with Crippen LogP contribution in [-0.4, -0.2) is 82.1 Å². The number of nitrogens with one attached hydrogen (secondary N) is 2. The fourth-order valence-corrected chi connectivity index (χ4v) is 5.94. The number of hydrogen-bond donors (Lipinski definition) is 2. The molecule has 33 heavy (non-hydrogen) atoms. The van der Waals surface area contributed by atoms with Crippen molar-refractivity contribution in [2.75, 3.05) is 30.7 Å². The lowest BCUT2D eigenvalue weighted by molar-refractivity contribution is -0.159. The third-order valence-electron chi connectivity index (χ3n) is 5.49. The number of alkyl halides is 1. The summed E-state index contributed by atoms with van der Waals surface area (Å²) in [5.41, 5.74) is -0.337. The topological polar surface area (TPSA) is 139 Å². The van der Waals surface area contributed by atoms with Crippen LogP contribution in [0, 0.1) is 5.41 Å². The van der Waals surface area contributed by atoms with E-state index >= 15 is 0 Å². The summed E-state index contributed by atoms with van der Waals surface area (Å²) in [5.74, 6) is -1.24. The first-order valence-electron chi connectivity index (χ1n) is 9.92. The van der Waals surface area contributed by atoms with Crippen LogP contribution in [0.3, 0.4) is 0 Å². The maximum Gasteiger partial charge on any atom is 0.302 e. The standard InChI is InChI=1S/C19H24ClN5O6S2/c1-9-19(3,7-31-10(2)26)8-33-17-14(16(29)25(9)17)23-15(28)13(24-30-4)11-6-32-18(21-11)22-12(27)5-20/h6,9,14,17H,5,7-8H2,1-4H3,(H,23,28)(H,21,22,27)/b24-13+. The van der Waals surface area contributed by atoms with E-state index in [9.17, 15) is 19.2 Å². The number of esters is 1. The van der Waals surface area contributed by atoms with E-state index in [2.05, 4.69) is 20.8 Å². The van der Waals surface area contributed by atoms with Crippen molar-refractivity contribution in [1.29, 1.82) is 0 Å². The molecule has 0 aromatic carbocycles. The first-order valence-corrected chi connectivity index (χ1v) is 12.4. The monoisotopic (exact) mass is 517 g/mol. The zero-order valence-electron chi connectivity index (χ0n) is 18.4. The van der Waals surface area contributed by atoms with Gasteiger partial charge in [-0.25, -0.2) is 4.98 Å². The van der Waals surface area contributed by atoms with E-state index in [1.807, 2.05) is 13.8 Å². The number of hydrogen-bond acceptors (Lipinski definition) is 10. The Bertz CT molecular complexity index is 988. The van der Waals surface area contributed by atoms with Crippen molar-refractivity contribution in [1.82, 2.24) is 15.2 Å². The molecule has 1 aromatic rings. The number of thiazole rings is 1. The van der Waals surface area contributed by atoms with Gasteiger partial charge in [-0.15, -0.1) is 34.7 Å². The smallest absolute Gasteiger partial charge is 0.302 e. The van der Waals surface area contributed by atoms with E-state index in [0.717, 1.165) is 11.3 Å². The lowest BCUT2D eigenvalue weighted by Crippen LogP contribution is -2.76. The molecular formula is C19H24ClN5O6S2. The van der Waals surface area contributed by atoms with Crippen molar-refractivity contribution >= 4 is 69.2 Å². The number of aromatic nitrogens is 1. The minimum Gasteiger partial charge on any atom is -0.465 e. The van der Waals surface area contributed by atoms with Crippen molar-refractivity contribution in [2.24, 2.45) is 10.6 Å². The van der Waals surface area contributed by atoms with Crippen molar-refractivity contribution < 1.29 is 28.8 Å². The highest BCUT2D eigenvalue weighted by atomic mass is 35.5.